The molecule has 0 unspecified atom stereocenters. The fourth-order valence-corrected chi connectivity index (χ4v) is 13.9. The number of fused-ring (bicyclic) bond motifs is 9. The van der Waals surface area contributed by atoms with E-state index in [1.165, 1.54) is 83.0 Å². The number of ether oxygens (including phenoxy) is 2. The van der Waals surface area contributed by atoms with Crippen molar-refractivity contribution in [2.45, 2.75) is 72.6 Å². The summed E-state index contributed by atoms with van der Waals surface area (Å²) in [5, 5.41) is 0. The first-order valence-corrected chi connectivity index (χ1v) is 25.4. The van der Waals surface area contributed by atoms with Crippen molar-refractivity contribution in [2.24, 2.45) is 0 Å². The summed E-state index contributed by atoms with van der Waals surface area (Å²) in [5.41, 5.74) is 26.8. The number of anilines is 6. The molecule has 0 N–H and O–H groups in total. The summed E-state index contributed by atoms with van der Waals surface area (Å²) in [5.74, 6) is 3.69. The third kappa shape index (κ3) is 6.06. The van der Waals surface area contributed by atoms with Crippen LogP contribution in [-0.4, -0.2) is 13.4 Å². The predicted octanol–water partition coefficient (Wildman–Crippen LogP) is 13.0. The average Bonchev–Trinajstić information content (AvgIpc) is 3.54. The fourth-order valence-electron chi connectivity index (χ4n) is 13.9. The summed E-state index contributed by atoms with van der Waals surface area (Å²) >= 11 is 0. The van der Waals surface area contributed by atoms with E-state index in [1.807, 2.05) is 0 Å². The Morgan fingerprint density at radius 2 is 0.831 bits per heavy atom. The molecule has 342 valence electrons. The van der Waals surface area contributed by atoms with Crippen LogP contribution in [0, 0.1) is 27.7 Å². The van der Waals surface area contributed by atoms with E-state index in [9.17, 15) is 0 Å². The van der Waals surface area contributed by atoms with Gasteiger partial charge in [0, 0.05) is 34.1 Å². The summed E-state index contributed by atoms with van der Waals surface area (Å²) in [4.78, 5) is 5.05. The molecule has 4 aliphatic heterocycles. The first-order valence-electron chi connectivity index (χ1n) is 25.4. The minimum Gasteiger partial charge on any atom is -0.458 e. The second-order valence-corrected chi connectivity index (χ2v) is 22.1. The second-order valence-electron chi connectivity index (χ2n) is 22.1. The molecule has 5 aliphatic rings. The van der Waals surface area contributed by atoms with Gasteiger partial charge in [-0.3, -0.25) is 0 Å². The molecular weight excluding hydrogens is 862 g/mol. The zero-order chi connectivity index (χ0) is 48.2. The van der Waals surface area contributed by atoms with Crippen LogP contribution in [0.15, 0.2) is 170 Å². The number of hydrogen-bond donors (Lipinski definition) is 0. The van der Waals surface area contributed by atoms with Gasteiger partial charge >= 0.3 is 0 Å². The van der Waals surface area contributed by atoms with Gasteiger partial charge in [-0.15, -0.1) is 0 Å². The molecule has 4 heterocycles. The molecule has 0 saturated heterocycles. The van der Waals surface area contributed by atoms with Gasteiger partial charge in [0.1, 0.15) is 23.0 Å². The summed E-state index contributed by atoms with van der Waals surface area (Å²) in [6, 6.07) is 63.5. The molecule has 0 saturated carbocycles. The third-order valence-electron chi connectivity index (χ3n) is 16.6. The molecule has 0 bridgehead atoms. The van der Waals surface area contributed by atoms with Crippen LogP contribution in [0.1, 0.15) is 67.5 Å². The quantitative estimate of drug-likeness (QED) is 0.164. The highest BCUT2D eigenvalue weighted by atomic mass is 16.5. The average molecular weight is 917 g/mol. The first-order chi connectivity index (χ1) is 34.3. The van der Waals surface area contributed by atoms with Crippen LogP contribution >= 0.6 is 0 Å². The number of nitrogens with zero attached hydrogens (tertiary/aromatic N) is 2. The number of hydrogen-bond acceptors (Lipinski definition) is 4. The van der Waals surface area contributed by atoms with Crippen molar-refractivity contribution >= 4 is 80.3 Å². The molecule has 9 aromatic carbocycles. The Labute approximate surface area is 418 Å². The lowest BCUT2D eigenvalue weighted by molar-refractivity contribution is 0.402. The highest BCUT2D eigenvalue weighted by Crippen LogP contribution is 2.53. The van der Waals surface area contributed by atoms with E-state index in [1.54, 1.807) is 0 Å². The van der Waals surface area contributed by atoms with Gasteiger partial charge in [-0.25, -0.2) is 0 Å². The van der Waals surface area contributed by atoms with E-state index < -0.39 is 0 Å². The highest BCUT2D eigenvalue weighted by Gasteiger charge is 2.50. The van der Waals surface area contributed by atoms with Crippen molar-refractivity contribution in [3.63, 3.8) is 0 Å². The van der Waals surface area contributed by atoms with Gasteiger partial charge in [0.2, 0.25) is 0 Å². The minimum atomic E-state index is -0.103. The van der Waals surface area contributed by atoms with Crippen LogP contribution in [0.25, 0.3) is 22.3 Å². The maximum absolute atomic E-state index is 7.41. The third-order valence-corrected chi connectivity index (χ3v) is 16.6. The maximum atomic E-state index is 7.41. The van der Waals surface area contributed by atoms with Gasteiger partial charge in [0.05, 0.1) is 0 Å². The SMILES string of the molecule is Cc1cccc(C)c1-c1cc2c3c(c1)N(c1ccccc1)c1cc4c(cc1B3c1ccccc1O2)B1c2cc3c(cc2Oc2cc(-c5c(C)cccc5C)cc(c21)N4c1ccccc1)C(C)(C)CC3(C)C. The standard InChI is InChI=1S/C65H54B2N2O2/c1-38-19-17-20-39(2)60(38)42-29-54-62-58(31-42)70-56-28-16-15-27-48(56)66(62)49-35-50-53(36-52(49)68(54)44-23-11-9-12-24-44)69(45-25-13-10-14-26-45)55-30-43(61-40(3)21-18-22-41(61)4)32-59-63(55)67(50)51-33-46-47(34-57(51)71-59)65(7,8)37-64(46,5)6/h9-36H,37H2,1-8H3. The Bertz CT molecular complexity index is 3720. The molecule has 0 amide bonds. The summed E-state index contributed by atoms with van der Waals surface area (Å²) in [7, 11) is 0. The highest BCUT2D eigenvalue weighted by molar-refractivity contribution is 7.02. The van der Waals surface area contributed by atoms with Crippen molar-refractivity contribution in [3.8, 4) is 45.3 Å². The topological polar surface area (TPSA) is 24.9 Å². The summed E-state index contributed by atoms with van der Waals surface area (Å²) in [6.07, 6.45) is 1.08. The van der Waals surface area contributed by atoms with Crippen LogP contribution in [0.4, 0.5) is 34.1 Å². The van der Waals surface area contributed by atoms with E-state index in [0.29, 0.717) is 0 Å². The monoisotopic (exact) mass is 916 g/mol. The molecule has 4 nitrogen and oxygen atoms in total. The molecule has 0 fully saturated rings. The van der Waals surface area contributed by atoms with Gasteiger partial charge in [-0.1, -0.05) is 131 Å². The van der Waals surface area contributed by atoms with Gasteiger partial charge in [-0.2, -0.15) is 0 Å². The molecule has 1 aliphatic carbocycles. The molecule has 9 aromatic rings. The fraction of sp³-hybridized carbons (Fsp3) is 0.169. The Morgan fingerprint density at radius 1 is 0.380 bits per heavy atom. The number of benzene rings is 9. The molecule has 71 heavy (non-hydrogen) atoms. The lowest BCUT2D eigenvalue weighted by atomic mass is 9.30. The van der Waals surface area contributed by atoms with Crippen molar-refractivity contribution < 1.29 is 9.47 Å². The largest absolute Gasteiger partial charge is 0.458 e. The molecule has 0 aromatic heterocycles. The minimum absolute atomic E-state index is 0.00437. The maximum Gasteiger partial charge on any atom is 0.256 e. The second kappa shape index (κ2) is 14.9. The van der Waals surface area contributed by atoms with E-state index in [2.05, 4.69) is 235 Å². The van der Waals surface area contributed by atoms with Crippen LogP contribution in [-0.2, 0) is 10.8 Å². The number of aryl methyl sites for hydroxylation is 4. The zero-order valence-electron chi connectivity index (χ0n) is 41.7. The lowest BCUT2D eigenvalue weighted by Gasteiger charge is -2.44. The predicted molar refractivity (Wildman–Crippen MR) is 299 cm³/mol. The summed E-state index contributed by atoms with van der Waals surface area (Å²) < 4.78 is 14.5. The molecule has 0 atom stereocenters. The van der Waals surface area contributed by atoms with Crippen LogP contribution in [0.5, 0.6) is 23.0 Å². The van der Waals surface area contributed by atoms with Crippen LogP contribution < -0.4 is 52.1 Å². The number of para-hydroxylation sites is 3. The lowest BCUT2D eigenvalue weighted by Crippen LogP contribution is -2.64. The molecule has 0 radical (unpaired) electrons. The summed E-state index contributed by atoms with van der Waals surface area (Å²) in [6.45, 7) is 18.4. The van der Waals surface area contributed by atoms with Crippen LogP contribution in [0.2, 0.25) is 0 Å². The molecule has 14 rings (SSSR count). The van der Waals surface area contributed by atoms with Gasteiger partial charge in [0.15, 0.2) is 0 Å². The normalized spacial score (nSPS) is 15.6. The van der Waals surface area contributed by atoms with Gasteiger partial charge < -0.3 is 19.3 Å². The molecule has 0 spiro atoms. The van der Waals surface area contributed by atoms with Crippen molar-refractivity contribution in [3.05, 3.63) is 203 Å². The Hall–Kier alpha value is -7.69. The van der Waals surface area contributed by atoms with Crippen LogP contribution in [0.3, 0.4) is 0 Å². The van der Waals surface area contributed by atoms with E-state index in [0.717, 1.165) is 69.0 Å². The Kier molecular flexibility index (Phi) is 8.87. The number of rotatable bonds is 4. The van der Waals surface area contributed by atoms with Gasteiger partial charge in [0.25, 0.3) is 13.4 Å². The van der Waals surface area contributed by atoms with E-state index in [4.69, 9.17) is 9.47 Å². The van der Waals surface area contributed by atoms with Crippen molar-refractivity contribution in [2.75, 3.05) is 9.80 Å². The molecule has 6 heteroatoms. The van der Waals surface area contributed by atoms with Gasteiger partial charge in [-0.05, 0) is 200 Å². The Balaban J connectivity index is 1.11. The van der Waals surface area contributed by atoms with Crippen molar-refractivity contribution in [1.29, 1.82) is 0 Å². The smallest absolute Gasteiger partial charge is 0.256 e. The molecular formula is C65H54B2N2O2. The van der Waals surface area contributed by atoms with E-state index in [-0.39, 0.29) is 24.3 Å². The Morgan fingerprint density at radius 3 is 1.35 bits per heavy atom. The zero-order valence-corrected chi connectivity index (χ0v) is 41.7. The van der Waals surface area contributed by atoms with E-state index >= 15 is 0 Å². The first kappa shape index (κ1) is 42.2. The van der Waals surface area contributed by atoms with Crippen molar-refractivity contribution in [1.82, 2.24) is 0 Å².